The highest BCUT2D eigenvalue weighted by Gasteiger charge is 2.07. The van der Waals surface area contributed by atoms with Crippen molar-refractivity contribution in [3.05, 3.63) is 58.6 Å². The SMILES string of the molecule is Cc1cccc(C(=O)Nc2ccc3sc(C)nc3c2)c1. The summed E-state index contributed by atoms with van der Waals surface area (Å²) in [6, 6.07) is 13.4. The summed E-state index contributed by atoms with van der Waals surface area (Å²) in [5, 5.41) is 3.94. The number of aryl methyl sites for hydroxylation is 2. The molecule has 2 aromatic carbocycles. The lowest BCUT2D eigenvalue weighted by Crippen LogP contribution is -2.11. The summed E-state index contributed by atoms with van der Waals surface area (Å²) in [6.07, 6.45) is 0. The fourth-order valence-electron chi connectivity index (χ4n) is 2.11. The van der Waals surface area contributed by atoms with Crippen LogP contribution in [0.5, 0.6) is 0 Å². The number of hydrogen-bond acceptors (Lipinski definition) is 3. The molecule has 0 bridgehead atoms. The van der Waals surface area contributed by atoms with Crippen molar-refractivity contribution in [2.24, 2.45) is 0 Å². The number of carbonyl (C=O) groups excluding carboxylic acids is 1. The van der Waals surface area contributed by atoms with Gasteiger partial charge >= 0.3 is 0 Å². The number of hydrogen-bond donors (Lipinski definition) is 1. The first-order chi connectivity index (χ1) is 9.61. The number of amides is 1. The van der Waals surface area contributed by atoms with Gasteiger partial charge in [-0.25, -0.2) is 4.98 Å². The molecule has 0 aliphatic carbocycles. The minimum Gasteiger partial charge on any atom is -0.322 e. The van der Waals surface area contributed by atoms with Crippen LogP contribution in [0.15, 0.2) is 42.5 Å². The van der Waals surface area contributed by atoms with Crippen LogP contribution in [0.25, 0.3) is 10.2 Å². The highest BCUT2D eigenvalue weighted by molar-refractivity contribution is 7.18. The van der Waals surface area contributed by atoms with Crippen LogP contribution in [0.2, 0.25) is 0 Å². The van der Waals surface area contributed by atoms with Gasteiger partial charge in [-0.3, -0.25) is 4.79 Å². The lowest BCUT2D eigenvalue weighted by atomic mass is 10.1. The monoisotopic (exact) mass is 282 g/mol. The minimum atomic E-state index is -0.0972. The van der Waals surface area contributed by atoms with Gasteiger partial charge in [0.15, 0.2) is 0 Å². The Hall–Kier alpha value is -2.20. The smallest absolute Gasteiger partial charge is 0.255 e. The van der Waals surface area contributed by atoms with E-state index in [-0.39, 0.29) is 5.91 Å². The number of rotatable bonds is 2. The molecule has 0 saturated carbocycles. The molecule has 1 aromatic heterocycles. The van der Waals surface area contributed by atoms with Crippen LogP contribution in [-0.4, -0.2) is 10.9 Å². The molecule has 3 rings (SSSR count). The molecule has 0 spiro atoms. The zero-order valence-electron chi connectivity index (χ0n) is 11.3. The summed E-state index contributed by atoms with van der Waals surface area (Å²) >= 11 is 1.65. The fourth-order valence-corrected chi connectivity index (χ4v) is 2.92. The van der Waals surface area contributed by atoms with Gasteiger partial charge in [0.05, 0.1) is 15.2 Å². The standard InChI is InChI=1S/C16H14N2OS/c1-10-4-3-5-12(8-10)16(19)18-13-6-7-15-14(9-13)17-11(2)20-15/h3-9H,1-2H3,(H,18,19). The van der Waals surface area contributed by atoms with Gasteiger partial charge in [-0.2, -0.15) is 0 Å². The topological polar surface area (TPSA) is 42.0 Å². The molecule has 0 radical (unpaired) electrons. The van der Waals surface area contributed by atoms with E-state index < -0.39 is 0 Å². The van der Waals surface area contributed by atoms with E-state index >= 15 is 0 Å². The molecule has 20 heavy (non-hydrogen) atoms. The van der Waals surface area contributed by atoms with Crippen LogP contribution in [0.4, 0.5) is 5.69 Å². The number of aromatic nitrogens is 1. The summed E-state index contributed by atoms with van der Waals surface area (Å²) in [6.45, 7) is 3.95. The molecule has 0 saturated heterocycles. The van der Waals surface area contributed by atoms with Gasteiger partial charge in [0.2, 0.25) is 0 Å². The molecule has 0 atom stereocenters. The summed E-state index contributed by atoms with van der Waals surface area (Å²) in [5.41, 5.74) is 3.44. The second-order valence-electron chi connectivity index (χ2n) is 4.74. The number of nitrogens with one attached hydrogen (secondary N) is 1. The van der Waals surface area contributed by atoms with Crippen molar-refractivity contribution in [2.75, 3.05) is 5.32 Å². The van der Waals surface area contributed by atoms with Crippen molar-refractivity contribution in [2.45, 2.75) is 13.8 Å². The van der Waals surface area contributed by atoms with E-state index in [2.05, 4.69) is 10.3 Å². The maximum absolute atomic E-state index is 12.2. The Balaban J connectivity index is 1.87. The van der Waals surface area contributed by atoms with E-state index in [1.165, 1.54) is 0 Å². The molecule has 4 heteroatoms. The zero-order chi connectivity index (χ0) is 14.1. The van der Waals surface area contributed by atoms with Crippen LogP contribution >= 0.6 is 11.3 Å². The Labute approximate surface area is 121 Å². The van der Waals surface area contributed by atoms with Crippen LogP contribution < -0.4 is 5.32 Å². The van der Waals surface area contributed by atoms with Crippen molar-refractivity contribution >= 4 is 33.1 Å². The van der Waals surface area contributed by atoms with E-state index in [0.29, 0.717) is 5.56 Å². The molecule has 0 unspecified atom stereocenters. The van der Waals surface area contributed by atoms with Gasteiger partial charge in [0.1, 0.15) is 0 Å². The first kappa shape index (κ1) is 12.8. The van der Waals surface area contributed by atoms with E-state index in [1.807, 2.05) is 56.3 Å². The summed E-state index contributed by atoms with van der Waals surface area (Å²) < 4.78 is 1.14. The molecule has 1 heterocycles. The van der Waals surface area contributed by atoms with Gasteiger partial charge in [0, 0.05) is 11.3 Å². The molecule has 3 aromatic rings. The quantitative estimate of drug-likeness (QED) is 0.766. The average Bonchev–Trinajstić information content (AvgIpc) is 2.78. The van der Waals surface area contributed by atoms with Crippen LogP contribution in [-0.2, 0) is 0 Å². The predicted molar refractivity (Wildman–Crippen MR) is 83.5 cm³/mol. The van der Waals surface area contributed by atoms with E-state index in [1.54, 1.807) is 11.3 Å². The number of carbonyl (C=O) groups is 1. The summed E-state index contributed by atoms with van der Waals surface area (Å²) in [4.78, 5) is 16.6. The fraction of sp³-hybridized carbons (Fsp3) is 0.125. The van der Waals surface area contributed by atoms with Crippen molar-refractivity contribution in [1.82, 2.24) is 4.98 Å². The van der Waals surface area contributed by atoms with Crippen LogP contribution in [0.3, 0.4) is 0 Å². The Kier molecular flexibility index (Phi) is 3.24. The molecule has 3 nitrogen and oxygen atoms in total. The van der Waals surface area contributed by atoms with Gasteiger partial charge in [0.25, 0.3) is 5.91 Å². The minimum absolute atomic E-state index is 0.0972. The van der Waals surface area contributed by atoms with Crippen molar-refractivity contribution < 1.29 is 4.79 Å². The molecule has 0 fully saturated rings. The zero-order valence-corrected chi connectivity index (χ0v) is 12.1. The number of anilines is 1. The maximum atomic E-state index is 12.2. The largest absolute Gasteiger partial charge is 0.322 e. The van der Waals surface area contributed by atoms with Crippen molar-refractivity contribution in [1.29, 1.82) is 0 Å². The highest BCUT2D eigenvalue weighted by atomic mass is 32.1. The first-order valence-electron chi connectivity index (χ1n) is 6.37. The highest BCUT2D eigenvalue weighted by Crippen LogP contribution is 2.24. The predicted octanol–water partition coefficient (Wildman–Crippen LogP) is 4.17. The lowest BCUT2D eigenvalue weighted by Gasteiger charge is -2.05. The molecular formula is C16H14N2OS. The Morgan fingerprint density at radius 3 is 2.80 bits per heavy atom. The van der Waals surface area contributed by atoms with Gasteiger partial charge in [-0.15, -0.1) is 11.3 Å². The van der Waals surface area contributed by atoms with E-state index in [0.717, 1.165) is 26.5 Å². The maximum Gasteiger partial charge on any atom is 0.255 e. The molecule has 100 valence electrons. The Morgan fingerprint density at radius 2 is 2.00 bits per heavy atom. The Bertz CT molecular complexity index is 792. The van der Waals surface area contributed by atoms with Crippen molar-refractivity contribution in [3.63, 3.8) is 0 Å². The normalized spacial score (nSPS) is 10.7. The number of benzene rings is 2. The number of fused-ring (bicyclic) bond motifs is 1. The van der Waals surface area contributed by atoms with Crippen LogP contribution in [0.1, 0.15) is 20.9 Å². The third-order valence-electron chi connectivity index (χ3n) is 3.03. The van der Waals surface area contributed by atoms with Gasteiger partial charge in [-0.05, 0) is 44.2 Å². The second-order valence-corrected chi connectivity index (χ2v) is 5.97. The number of nitrogens with zero attached hydrogens (tertiary/aromatic N) is 1. The number of thiazole rings is 1. The second kappa shape index (κ2) is 5.06. The van der Waals surface area contributed by atoms with E-state index in [4.69, 9.17) is 0 Å². The van der Waals surface area contributed by atoms with Crippen molar-refractivity contribution in [3.8, 4) is 0 Å². The van der Waals surface area contributed by atoms with E-state index in [9.17, 15) is 4.79 Å². The molecule has 0 aliphatic rings. The van der Waals surface area contributed by atoms with Gasteiger partial charge < -0.3 is 5.32 Å². The van der Waals surface area contributed by atoms with Gasteiger partial charge in [-0.1, -0.05) is 17.7 Å². The first-order valence-corrected chi connectivity index (χ1v) is 7.19. The molecule has 1 amide bonds. The molecule has 0 aliphatic heterocycles. The lowest BCUT2D eigenvalue weighted by molar-refractivity contribution is 0.102. The molecule has 1 N–H and O–H groups in total. The summed E-state index contributed by atoms with van der Waals surface area (Å²) in [7, 11) is 0. The molecular weight excluding hydrogens is 268 g/mol. The third-order valence-corrected chi connectivity index (χ3v) is 3.98. The average molecular weight is 282 g/mol. The Morgan fingerprint density at radius 1 is 1.15 bits per heavy atom. The summed E-state index contributed by atoms with van der Waals surface area (Å²) in [5.74, 6) is -0.0972. The third kappa shape index (κ3) is 2.56. The van der Waals surface area contributed by atoms with Crippen LogP contribution in [0, 0.1) is 13.8 Å².